The number of ether oxygens (including phenoxy) is 1. The van der Waals surface area contributed by atoms with Gasteiger partial charge in [0.1, 0.15) is 5.60 Å². The summed E-state index contributed by atoms with van der Waals surface area (Å²) in [6.45, 7) is 4.78. The molecule has 1 rings (SSSR count). The summed E-state index contributed by atoms with van der Waals surface area (Å²) in [5, 5.41) is 10.9. The Balaban J connectivity index is 2.65. The fourth-order valence-corrected chi connectivity index (χ4v) is 1.62. The summed E-state index contributed by atoms with van der Waals surface area (Å²) in [6, 6.07) is 0. The van der Waals surface area contributed by atoms with Gasteiger partial charge in [-0.3, -0.25) is 0 Å². The summed E-state index contributed by atoms with van der Waals surface area (Å²) < 4.78 is 30.3. The van der Waals surface area contributed by atoms with Crippen molar-refractivity contribution in [3.8, 4) is 0 Å². The van der Waals surface area contributed by atoms with Crippen molar-refractivity contribution in [2.75, 3.05) is 0 Å². The minimum absolute atomic E-state index is 0.809. The molecule has 7 heteroatoms. The normalized spacial score (nSPS) is 21.2. The summed E-state index contributed by atoms with van der Waals surface area (Å²) >= 11 is 0. The first-order valence-electron chi connectivity index (χ1n) is 5.08. The summed E-state index contributed by atoms with van der Waals surface area (Å²) in [7, 11) is 0. The molecular formula is C10H15F2NO4. The molecule has 0 aliphatic heterocycles. The van der Waals surface area contributed by atoms with Crippen LogP contribution in [0.3, 0.4) is 0 Å². The molecule has 0 radical (unpaired) electrons. The lowest BCUT2D eigenvalue weighted by molar-refractivity contribution is -0.176. The fraction of sp³-hybridized carbons (Fsp3) is 0.800. The Hall–Kier alpha value is -1.40. The Kier molecular flexibility index (Phi) is 3.07. The first-order chi connectivity index (χ1) is 7.46. The van der Waals surface area contributed by atoms with Crippen LogP contribution in [0.4, 0.5) is 13.6 Å². The van der Waals surface area contributed by atoms with E-state index in [-0.39, 0.29) is 0 Å². The number of nitrogens with one attached hydrogen (secondary N) is 1. The highest BCUT2D eigenvalue weighted by Crippen LogP contribution is 2.45. The molecule has 0 atom stereocenters. The number of hydrogen-bond donors (Lipinski definition) is 2. The Bertz CT molecular complexity index is 341. The molecule has 1 saturated carbocycles. The smallest absolute Gasteiger partial charge is 0.408 e. The third-order valence-corrected chi connectivity index (χ3v) is 2.27. The lowest BCUT2D eigenvalue weighted by atomic mass is 9.73. The third-order valence-electron chi connectivity index (χ3n) is 2.27. The van der Waals surface area contributed by atoms with Gasteiger partial charge in [-0.1, -0.05) is 0 Å². The van der Waals surface area contributed by atoms with E-state index in [1.807, 2.05) is 5.32 Å². The second kappa shape index (κ2) is 3.82. The second-order valence-corrected chi connectivity index (χ2v) is 5.22. The van der Waals surface area contributed by atoms with Crippen molar-refractivity contribution < 1.29 is 28.2 Å². The van der Waals surface area contributed by atoms with E-state index < -0.39 is 42.0 Å². The average molecular weight is 251 g/mol. The molecule has 0 unspecified atom stereocenters. The Morgan fingerprint density at radius 3 is 2.06 bits per heavy atom. The molecule has 0 aromatic heterocycles. The minimum atomic E-state index is -3.05. The zero-order valence-electron chi connectivity index (χ0n) is 9.84. The van der Waals surface area contributed by atoms with E-state index in [1.54, 1.807) is 20.8 Å². The predicted octanol–water partition coefficient (Wildman–Crippen LogP) is 1.76. The standard InChI is InChI=1S/C10H15F2NO4/c1-8(2,3)17-7(16)13-9(6(14)15)4-10(11,12)5-9/h4-5H2,1-3H3,(H,13,16)(H,14,15). The van der Waals surface area contributed by atoms with E-state index in [1.165, 1.54) is 0 Å². The third kappa shape index (κ3) is 3.28. The van der Waals surface area contributed by atoms with Gasteiger partial charge < -0.3 is 15.2 Å². The minimum Gasteiger partial charge on any atom is -0.479 e. The van der Waals surface area contributed by atoms with Gasteiger partial charge in [-0.2, -0.15) is 0 Å². The fourth-order valence-electron chi connectivity index (χ4n) is 1.62. The van der Waals surface area contributed by atoms with E-state index in [0.29, 0.717) is 0 Å². The van der Waals surface area contributed by atoms with Gasteiger partial charge in [-0.25, -0.2) is 18.4 Å². The van der Waals surface area contributed by atoms with Crippen molar-refractivity contribution in [2.45, 2.75) is 50.7 Å². The maximum atomic E-state index is 12.7. The molecule has 17 heavy (non-hydrogen) atoms. The van der Waals surface area contributed by atoms with E-state index in [4.69, 9.17) is 9.84 Å². The lowest BCUT2D eigenvalue weighted by Gasteiger charge is -2.44. The molecule has 0 heterocycles. The maximum Gasteiger partial charge on any atom is 0.408 e. The number of halogens is 2. The number of carboxylic acid groups (broad SMARTS) is 1. The van der Waals surface area contributed by atoms with E-state index in [0.717, 1.165) is 0 Å². The molecule has 1 fully saturated rings. The highest BCUT2D eigenvalue weighted by Gasteiger charge is 2.62. The number of carbonyl (C=O) groups excluding carboxylic acids is 1. The van der Waals surface area contributed by atoms with Crippen molar-refractivity contribution in [3.63, 3.8) is 0 Å². The van der Waals surface area contributed by atoms with Crippen LogP contribution in [0.2, 0.25) is 0 Å². The number of aliphatic carboxylic acids is 1. The molecule has 0 spiro atoms. The number of alkyl halides is 2. The number of amides is 1. The molecule has 0 saturated heterocycles. The summed E-state index contributed by atoms with van der Waals surface area (Å²) in [4.78, 5) is 22.2. The second-order valence-electron chi connectivity index (χ2n) is 5.22. The number of alkyl carbamates (subject to hydrolysis) is 1. The van der Waals surface area contributed by atoms with Gasteiger partial charge in [-0.15, -0.1) is 0 Å². The van der Waals surface area contributed by atoms with Crippen molar-refractivity contribution in [1.29, 1.82) is 0 Å². The van der Waals surface area contributed by atoms with E-state index in [9.17, 15) is 18.4 Å². The number of carbonyl (C=O) groups is 2. The van der Waals surface area contributed by atoms with Crippen LogP contribution in [0.5, 0.6) is 0 Å². The van der Waals surface area contributed by atoms with Gasteiger partial charge in [0, 0.05) is 12.8 Å². The van der Waals surface area contributed by atoms with Gasteiger partial charge in [0.05, 0.1) is 0 Å². The molecule has 0 aromatic rings. The largest absolute Gasteiger partial charge is 0.479 e. The van der Waals surface area contributed by atoms with Crippen LogP contribution in [-0.2, 0) is 9.53 Å². The van der Waals surface area contributed by atoms with Gasteiger partial charge in [0.2, 0.25) is 0 Å². The van der Waals surface area contributed by atoms with Gasteiger partial charge in [0.25, 0.3) is 5.92 Å². The monoisotopic (exact) mass is 251 g/mol. The first kappa shape index (κ1) is 13.7. The SMILES string of the molecule is CC(C)(C)OC(=O)NC1(C(=O)O)CC(F)(F)C1. The van der Waals surface area contributed by atoms with Gasteiger partial charge in [0.15, 0.2) is 5.54 Å². The lowest BCUT2D eigenvalue weighted by Crippen LogP contribution is -2.67. The van der Waals surface area contributed by atoms with Crippen molar-refractivity contribution in [2.24, 2.45) is 0 Å². The number of carboxylic acids is 1. The van der Waals surface area contributed by atoms with Crippen molar-refractivity contribution in [1.82, 2.24) is 5.32 Å². The zero-order chi connectivity index (χ0) is 13.5. The Morgan fingerprint density at radius 1 is 1.29 bits per heavy atom. The quantitative estimate of drug-likeness (QED) is 0.784. The topological polar surface area (TPSA) is 75.6 Å². The van der Waals surface area contributed by atoms with E-state index >= 15 is 0 Å². The number of rotatable bonds is 2. The molecule has 1 amide bonds. The summed E-state index contributed by atoms with van der Waals surface area (Å²) in [5.74, 6) is -4.53. The zero-order valence-corrected chi connectivity index (χ0v) is 9.84. The van der Waals surface area contributed by atoms with Gasteiger partial charge in [-0.05, 0) is 20.8 Å². The van der Waals surface area contributed by atoms with Crippen LogP contribution >= 0.6 is 0 Å². The average Bonchev–Trinajstić information content (AvgIpc) is 1.94. The predicted molar refractivity (Wildman–Crippen MR) is 53.9 cm³/mol. The molecular weight excluding hydrogens is 236 g/mol. The summed E-state index contributed by atoms with van der Waals surface area (Å²) in [6.07, 6.45) is -2.82. The van der Waals surface area contributed by atoms with Crippen LogP contribution < -0.4 is 5.32 Å². The summed E-state index contributed by atoms with van der Waals surface area (Å²) in [5.41, 5.74) is -2.72. The Labute approximate surface area is 97.1 Å². The van der Waals surface area contributed by atoms with Crippen LogP contribution in [0.25, 0.3) is 0 Å². The van der Waals surface area contributed by atoms with Crippen LogP contribution in [0, 0.1) is 0 Å². The molecule has 1 aliphatic rings. The highest BCUT2D eigenvalue weighted by molar-refractivity contribution is 5.86. The molecule has 5 nitrogen and oxygen atoms in total. The molecule has 0 bridgehead atoms. The molecule has 1 aliphatic carbocycles. The number of hydrogen-bond acceptors (Lipinski definition) is 3. The molecule has 98 valence electrons. The van der Waals surface area contributed by atoms with Crippen LogP contribution in [-0.4, -0.2) is 34.2 Å². The van der Waals surface area contributed by atoms with Crippen LogP contribution in [0.1, 0.15) is 33.6 Å². The van der Waals surface area contributed by atoms with Crippen LogP contribution in [0.15, 0.2) is 0 Å². The molecule has 2 N–H and O–H groups in total. The first-order valence-corrected chi connectivity index (χ1v) is 5.08. The van der Waals surface area contributed by atoms with Crippen molar-refractivity contribution in [3.05, 3.63) is 0 Å². The van der Waals surface area contributed by atoms with Crippen molar-refractivity contribution >= 4 is 12.1 Å². The Morgan fingerprint density at radius 2 is 1.76 bits per heavy atom. The molecule has 0 aromatic carbocycles. The highest BCUT2D eigenvalue weighted by atomic mass is 19.3. The van der Waals surface area contributed by atoms with Gasteiger partial charge >= 0.3 is 12.1 Å². The van der Waals surface area contributed by atoms with E-state index in [2.05, 4.69) is 0 Å². The maximum absolute atomic E-state index is 12.7.